The number of benzene rings is 1. The van der Waals surface area contributed by atoms with Crippen molar-refractivity contribution in [2.24, 2.45) is 16.3 Å². The molecule has 0 spiro atoms. The van der Waals surface area contributed by atoms with Crippen LogP contribution in [0.25, 0.3) is 11.0 Å². The number of carbonyl (C=O) groups is 2. The number of Topliss-reactive ketones (excluding diaryl/α,β-unsaturated/α-hetero) is 1. The van der Waals surface area contributed by atoms with E-state index in [0.29, 0.717) is 46.4 Å². The molecule has 0 saturated carbocycles. The number of fused-ring (bicyclic) bond motifs is 1. The lowest BCUT2D eigenvalue weighted by Crippen LogP contribution is -2.41. The van der Waals surface area contributed by atoms with Crippen molar-refractivity contribution >= 4 is 28.4 Å². The van der Waals surface area contributed by atoms with Crippen molar-refractivity contribution in [3.8, 4) is 0 Å². The summed E-state index contributed by atoms with van der Waals surface area (Å²) in [6.07, 6.45) is 2.00. The predicted octanol–water partition coefficient (Wildman–Crippen LogP) is 4.56. The fraction of sp³-hybridized carbons (Fsp3) is 0.440. The number of ether oxygens (including phenoxy) is 1. The zero-order valence-electron chi connectivity index (χ0n) is 18.5. The first-order valence-electron chi connectivity index (χ1n) is 10.6. The number of esters is 1. The number of para-hydroxylation sites is 1. The van der Waals surface area contributed by atoms with Gasteiger partial charge in [0, 0.05) is 34.9 Å². The van der Waals surface area contributed by atoms with Gasteiger partial charge in [-0.05, 0) is 44.7 Å². The van der Waals surface area contributed by atoms with E-state index in [4.69, 9.17) is 9.15 Å². The molecule has 6 nitrogen and oxygen atoms in total. The average Bonchev–Trinajstić information content (AvgIpc) is 2.65. The maximum Gasteiger partial charge on any atom is 0.315 e. The molecule has 1 aromatic heterocycles. The van der Waals surface area contributed by atoms with E-state index in [1.54, 1.807) is 45.0 Å². The Morgan fingerprint density at radius 2 is 1.90 bits per heavy atom. The number of hydrogen-bond acceptors (Lipinski definition) is 6. The van der Waals surface area contributed by atoms with Crippen molar-refractivity contribution in [1.29, 1.82) is 0 Å². The maximum atomic E-state index is 13.4. The largest absolute Gasteiger partial charge is 0.464 e. The molecule has 0 N–H and O–H groups in total. The SMILES string of the molecule is CC1=NC2=C(C(=O)CC(C)(C)C2)[C@H](c2coc3ccccc3c2=O)C1C(=O)OC(C)C. The summed E-state index contributed by atoms with van der Waals surface area (Å²) in [6, 6.07) is 6.97. The highest BCUT2D eigenvalue weighted by molar-refractivity contribution is 6.09. The van der Waals surface area contributed by atoms with Crippen LogP contribution in [-0.2, 0) is 14.3 Å². The molecular weight excluding hydrogens is 394 g/mol. The Morgan fingerprint density at radius 1 is 1.19 bits per heavy atom. The topological polar surface area (TPSA) is 85.9 Å². The molecule has 1 aliphatic carbocycles. The molecule has 2 aromatic rings. The van der Waals surface area contributed by atoms with Gasteiger partial charge in [0.25, 0.3) is 0 Å². The van der Waals surface area contributed by atoms with Crippen LogP contribution in [0.15, 0.2) is 56.0 Å². The van der Waals surface area contributed by atoms with Crippen LogP contribution in [0.4, 0.5) is 0 Å². The molecule has 6 heteroatoms. The normalized spacial score (nSPS) is 23.0. The summed E-state index contributed by atoms with van der Waals surface area (Å²) in [7, 11) is 0. The van der Waals surface area contributed by atoms with Gasteiger partial charge in [0.1, 0.15) is 11.5 Å². The van der Waals surface area contributed by atoms with Gasteiger partial charge in [-0.3, -0.25) is 19.4 Å². The highest BCUT2D eigenvalue weighted by atomic mass is 16.5. The van der Waals surface area contributed by atoms with Crippen molar-refractivity contribution in [2.45, 2.75) is 59.5 Å². The van der Waals surface area contributed by atoms with Crippen molar-refractivity contribution in [2.75, 3.05) is 0 Å². The quantitative estimate of drug-likeness (QED) is 0.678. The second kappa shape index (κ2) is 7.59. The third-order valence-corrected chi connectivity index (χ3v) is 5.95. The smallest absolute Gasteiger partial charge is 0.315 e. The van der Waals surface area contributed by atoms with Gasteiger partial charge >= 0.3 is 5.97 Å². The molecule has 31 heavy (non-hydrogen) atoms. The predicted molar refractivity (Wildman–Crippen MR) is 118 cm³/mol. The minimum Gasteiger partial charge on any atom is -0.464 e. The molecule has 0 saturated heterocycles. The Balaban J connectivity index is 1.96. The summed E-state index contributed by atoms with van der Waals surface area (Å²) in [5.74, 6) is -2.20. The molecule has 1 unspecified atom stereocenters. The zero-order chi connectivity index (χ0) is 22.5. The lowest BCUT2D eigenvalue weighted by molar-refractivity contribution is -0.150. The minimum atomic E-state index is -0.852. The summed E-state index contributed by atoms with van der Waals surface area (Å²) in [5, 5.41) is 0.418. The van der Waals surface area contributed by atoms with E-state index in [-0.39, 0.29) is 22.7 Å². The Bertz CT molecular complexity index is 1200. The number of allylic oxidation sites excluding steroid dienone is 2. The monoisotopic (exact) mass is 421 g/mol. The molecule has 2 aliphatic rings. The van der Waals surface area contributed by atoms with Crippen molar-refractivity contribution in [1.82, 2.24) is 0 Å². The van der Waals surface area contributed by atoms with E-state index >= 15 is 0 Å². The van der Waals surface area contributed by atoms with Crippen LogP contribution in [0.1, 0.15) is 58.9 Å². The Morgan fingerprint density at radius 3 is 2.61 bits per heavy atom. The van der Waals surface area contributed by atoms with Crippen LogP contribution in [0.5, 0.6) is 0 Å². The number of nitrogens with zero attached hydrogens (tertiary/aromatic N) is 1. The van der Waals surface area contributed by atoms with E-state index in [1.807, 2.05) is 13.8 Å². The van der Waals surface area contributed by atoms with Gasteiger partial charge in [0.2, 0.25) is 0 Å². The Labute approximate surface area is 181 Å². The highest BCUT2D eigenvalue weighted by Gasteiger charge is 2.47. The zero-order valence-corrected chi connectivity index (χ0v) is 18.5. The number of ketones is 1. The Hall–Kier alpha value is -3.02. The average molecular weight is 421 g/mol. The van der Waals surface area contributed by atoms with Crippen molar-refractivity contribution in [3.63, 3.8) is 0 Å². The molecule has 0 fully saturated rings. The first-order valence-corrected chi connectivity index (χ1v) is 10.6. The summed E-state index contributed by atoms with van der Waals surface area (Å²) >= 11 is 0. The van der Waals surface area contributed by atoms with E-state index in [9.17, 15) is 14.4 Å². The molecule has 4 rings (SSSR count). The van der Waals surface area contributed by atoms with Crippen LogP contribution in [-0.4, -0.2) is 23.6 Å². The number of rotatable bonds is 3. The fourth-order valence-corrected chi connectivity index (χ4v) is 4.70. The first kappa shape index (κ1) is 21.2. The molecule has 162 valence electrons. The molecule has 1 aromatic carbocycles. The summed E-state index contributed by atoms with van der Waals surface area (Å²) < 4.78 is 11.3. The van der Waals surface area contributed by atoms with Crippen LogP contribution in [0.2, 0.25) is 0 Å². The van der Waals surface area contributed by atoms with Gasteiger partial charge in [0.15, 0.2) is 11.2 Å². The Kier molecular flexibility index (Phi) is 5.20. The third kappa shape index (κ3) is 3.75. The van der Waals surface area contributed by atoms with E-state index < -0.39 is 17.8 Å². The van der Waals surface area contributed by atoms with E-state index in [1.165, 1.54) is 6.26 Å². The van der Waals surface area contributed by atoms with Gasteiger partial charge < -0.3 is 9.15 Å². The standard InChI is InChI=1S/C25H27NO5/c1-13(2)31-24(29)20-14(3)26-17-10-25(4,5)11-18(27)22(17)21(20)16-12-30-19-9-7-6-8-15(19)23(16)28/h6-9,12-13,20-21H,10-11H2,1-5H3/t20?,21-/m1/s1. The number of carbonyl (C=O) groups excluding carboxylic acids is 2. The van der Waals surface area contributed by atoms with E-state index in [2.05, 4.69) is 4.99 Å². The van der Waals surface area contributed by atoms with Gasteiger partial charge in [-0.15, -0.1) is 0 Å². The van der Waals surface area contributed by atoms with Gasteiger partial charge in [0.05, 0.1) is 17.8 Å². The minimum absolute atomic E-state index is 0.0811. The molecular formula is C25H27NO5. The van der Waals surface area contributed by atoms with Crippen LogP contribution in [0, 0.1) is 11.3 Å². The molecule has 1 aliphatic heterocycles. The second-order valence-corrected chi connectivity index (χ2v) is 9.51. The highest BCUT2D eigenvalue weighted by Crippen LogP contribution is 2.47. The molecule has 0 bridgehead atoms. The lowest BCUT2D eigenvalue weighted by atomic mass is 9.67. The van der Waals surface area contributed by atoms with Crippen molar-refractivity contribution in [3.05, 3.63) is 57.6 Å². The van der Waals surface area contributed by atoms with Crippen LogP contribution < -0.4 is 5.43 Å². The van der Waals surface area contributed by atoms with Crippen LogP contribution in [0.3, 0.4) is 0 Å². The lowest BCUT2D eigenvalue weighted by Gasteiger charge is -2.38. The number of aliphatic imine (C=N–C) groups is 1. The maximum absolute atomic E-state index is 13.4. The van der Waals surface area contributed by atoms with Crippen LogP contribution >= 0.6 is 0 Å². The summed E-state index contributed by atoms with van der Waals surface area (Å²) in [5.41, 5.74) is 1.93. The van der Waals surface area contributed by atoms with Gasteiger partial charge in [-0.25, -0.2) is 0 Å². The first-order chi connectivity index (χ1) is 14.6. The van der Waals surface area contributed by atoms with Gasteiger partial charge in [-0.1, -0.05) is 26.0 Å². The molecule has 0 radical (unpaired) electrons. The number of hydrogen-bond donors (Lipinski definition) is 0. The fourth-order valence-electron chi connectivity index (χ4n) is 4.70. The summed E-state index contributed by atoms with van der Waals surface area (Å²) in [4.78, 5) is 44.5. The molecule has 2 atom stereocenters. The second-order valence-electron chi connectivity index (χ2n) is 9.51. The molecule has 2 heterocycles. The molecule has 0 amide bonds. The summed E-state index contributed by atoms with van der Waals surface area (Å²) in [6.45, 7) is 9.35. The van der Waals surface area contributed by atoms with Crippen molar-refractivity contribution < 1.29 is 18.7 Å². The third-order valence-electron chi connectivity index (χ3n) is 5.95. The van der Waals surface area contributed by atoms with E-state index in [0.717, 1.165) is 0 Å². The van der Waals surface area contributed by atoms with Gasteiger partial charge in [-0.2, -0.15) is 0 Å².